The van der Waals surface area contributed by atoms with Crippen molar-refractivity contribution in [3.63, 3.8) is 0 Å². The van der Waals surface area contributed by atoms with E-state index >= 15 is 0 Å². The molecule has 3 rings (SSSR count). The van der Waals surface area contributed by atoms with E-state index < -0.39 is 0 Å². The van der Waals surface area contributed by atoms with Gasteiger partial charge in [0.05, 0.1) is 23.2 Å². The molecule has 1 aromatic carbocycles. The molecule has 0 bridgehead atoms. The van der Waals surface area contributed by atoms with Gasteiger partial charge >= 0.3 is 0 Å². The minimum Gasteiger partial charge on any atom is -0.389 e. The number of likely N-dealkylation sites (tertiary alicyclic amines) is 1. The van der Waals surface area contributed by atoms with Gasteiger partial charge in [-0.2, -0.15) is 0 Å². The van der Waals surface area contributed by atoms with Crippen LogP contribution in [-0.4, -0.2) is 40.1 Å². The maximum atomic E-state index is 11.9. The second-order valence-electron chi connectivity index (χ2n) is 5.02. The molecule has 0 saturated carbocycles. The van der Waals surface area contributed by atoms with Gasteiger partial charge in [0.1, 0.15) is 0 Å². The molecule has 0 spiro atoms. The Labute approximate surface area is 121 Å². The lowest BCUT2D eigenvalue weighted by Gasteiger charge is -2.35. The summed E-state index contributed by atoms with van der Waals surface area (Å²) in [5, 5.41) is 12.2. The third-order valence-corrected chi connectivity index (χ3v) is 4.24. The van der Waals surface area contributed by atoms with Gasteiger partial charge in [0.2, 0.25) is 5.91 Å². The topological polar surface area (TPSA) is 53.4 Å². The first-order chi connectivity index (χ1) is 9.70. The summed E-state index contributed by atoms with van der Waals surface area (Å²) in [6.07, 6.45) is 0.795. The molecule has 1 amide bonds. The number of thiazole rings is 1. The van der Waals surface area contributed by atoms with Gasteiger partial charge in [0.15, 0.2) is 0 Å². The Morgan fingerprint density at radius 1 is 1.35 bits per heavy atom. The van der Waals surface area contributed by atoms with Gasteiger partial charge < -0.3 is 10.0 Å². The molecule has 104 valence electrons. The molecule has 0 aliphatic carbocycles. The number of carbonyl (C=O) groups is 1. The van der Waals surface area contributed by atoms with Crippen molar-refractivity contribution >= 4 is 17.2 Å². The van der Waals surface area contributed by atoms with Crippen LogP contribution in [0.1, 0.15) is 16.3 Å². The van der Waals surface area contributed by atoms with Gasteiger partial charge in [-0.1, -0.05) is 30.3 Å². The molecule has 5 heteroatoms. The number of aliphatic hydroxyl groups excluding tert-OH is 1. The molecule has 1 fully saturated rings. The van der Waals surface area contributed by atoms with Gasteiger partial charge in [-0.25, -0.2) is 4.98 Å². The number of hydrogen-bond donors (Lipinski definition) is 1. The highest BCUT2D eigenvalue weighted by Gasteiger charge is 2.28. The number of β-amino-alcohol motifs (C(OH)–C–C–N with tert-alkyl or cyclic N) is 1. The molecule has 0 radical (unpaired) electrons. The zero-order chi connectivity index (χ0) is 13.9. The summed E-state index contributed by atoms with van der Waals surface area (Å²) in [7, 11) is 0. The van der Waals surface area contributed by atoms with Crippen LogP contribution >= 0.6 is 11.3 Å². The van der Waals surface area contributed by atoms with Gasteiger partial charge in [-0.3, -0.25) is 4.79 Å². The number of rotatable bonds is 4. The van der Waals surface area contributed by atoms with Gasteiger partial charge in [-0.15, -0.1) is 11.3 Å². The van der Waals surface area contributed by atoms with Crippen molar-refractivity contribution in [2.75, 3.05) is 13.1 Å². The summed E-state index contributed by atoms with van der Waals surface area (Å²) in [6, 6.07) is 10.2. The normalized spacial score (nSPS) is 15.2. The zero-order valence-corrected chi connectivity index (χ0v) is 11.8. The number of amides is 1. The largest absolute Gasteiger partial charge is 0.389 e. The van der Waals surface area contributed by atoms with Crippen LogP contribution in [0.5, 0.6) is 0 Å². The van der Waals surface area contributed by atoms with Crippen LogP contribution < -0.4 is 0 Å². The van der Waals surface area contributed by atoms with E-state index in [0.717, 1.165) is 17.1 Å². The predicted octanol–water partition coefficient (Wildman–Crippen LogP) is 1.48. The molecule has 1 aliphatic heterocycles. The lowest BCUT2D eigenvalue weighted by molar-refractivity contribution is -0.140. The Bertz CT molecular complexity index is 591. The van der Waals surface area contributed by atoms with Gasteiger partial charge in [-0.05, 0) is 5.56 Å². The Hall–Kier alpha value is -1.72. The molecule has 1 N–H and O–H groups in total. The third-order valence-electron chi connectivity index (χ3n) is 3.34. The van der Waals surface area contributed by atoms with Crippen LogP contribution in [0.4, 0.5) is 0 Å². The Kier molecular flexibility index (Phi) is 3.80. The van der Waals surface area contributed by atoms with E-state index in [1.807, 2.05) is 23.6 Å². The molecular formula is C15H16N2O2S. The average molecular weight is 288 g/mol. The van der Waals surface area contributed by atoms with E-state index in [1.165, 1.54) is 5.56 Å². The molecule has 0 unspecified atom stereocenters. The monoisotopic (exact) mass is 288 g/mol. The van der Waals surface area contributed by atoms with Crippen molar-refractivity contribution in [3.05, 3.63) is 52.0 Å². The highest BCUT2D eigenvalue weighted by Crippen LogP contribution is 2.17. The number of carbonyl (C=O) groups excluding carboxylic acids is 1. The summed E-state index contributed by atoms with van der Waals surface area (Å²) in [5.41, 5.74) is 2.05. The standard InChI is InChI=1S/C15H16N2O2S/c18-13-8-17(9-13)15(19)7-12-10-20-14(16-12)6-11-4-2-1-3-5-11/h1-5,10,13,18H,6-9H2. The first-order valence-electron chi connectivity index (χ1n) is 6.64. The number of nitrogens with zero attached hydrogens (tertiary/aromatic N) is 2. The maximum Gasteiger partial charge on any atom is 0.228 e. The third kappa shape index (κ3) is 3.05. The Morgan fingerprint density at radius 3 is 2.80 bits per heavy atom. The Morgan fingerprint density at radius 2 is 2.10 bits per heavy atom. The van der Waals surface area contributed by atoms with Crippen molar-refractivity contribution in [1.82, 2.24) is 9.88 Å². The van der Waals surface area contributed by atoms with Crippen molar-refractivity contribution in [2.45, 2.75) is 18.9 Å². The minimum absolute atomic E-state index is 0.0480. The molecule has 20 heavy (non-hydrogen) atoms. The fraction of sp³-hybridized carbons (Fsp3) is 0.333. The molecule has 1 saturated heterocycles. The van der Waals surface area contributed by atoms with E-state index in [1.54, 1.807) is 16.2 Å². The van der Waals surface area contributed by atoms with E-state index in [9.17, 15) is 9.90 Å². The van der Waals surface area contributed by atoms with Gasteiger partial charge in [0.25, 0.3) is 0 Å². The number of hydrogen-bond acceptors (Lipinski definition) is 4. The number of aromatic nitrogens is 1. The van der Waals surface area contributed by atoms with Crippen LogP contribution in [-0.2, 0) is 17.6 Å². The predicted molar refractivity (Wildman–Crippen MR) is 77.7 cm³/mol. The second kappa shape index (κ2) is 5.73. The van der Waals surface area contributed by atoms with E-state index in [2.05, 4.69) is 17.1 Å². The van der Waals surface area contributed by atoms with Crippen molar-refractivity contribution in [1.29, 1.82) is 0 Å². The molecule has 1 aromatic heterocycles. The molecule has 2 aromatic rings. The highest BCUT2D eigenvalue weighted by molar-refractivity contribution is 7.09. The molecule has 2 heterocycles. The van der Waals surface area contributed by atoms with E-state index in [0.29, 0.717) is 19.5 Å². The van der Waals surface area contributed by atoms with Crippen molar-refractivity contribution in [2.24, 2.45) is 0 Å². The SMILES string of the molecule is O=C(Cc1csc(Cc2ccccc2)n1)N1CC(O)C1. The maximum absolute atomic E-state index is 11.9. The fourth-order valence-electron chi connectivity index (χ4n) is 2.21. The van der Waals surface area contributed by atoms with E-state index in [4.69, 9.17) is 0 Å². The van der Waals surface area contributed by atoms with Crippen LogP contribution in [0.25, 0.3) is 0 Å². The fourth-order valence-corrected chi connectivity index (χ4v) is 3.04. The summed E-state index contributed by atoms with van der Waals surface area (Å²) in [6.45, 7) is 0.916. The van der Waals surface area contributed by atoms with Crippen molar-refractivity contribution in [3.8, 4) is 0 Å². The highest BCUT2D eigenvalue weighted by atomic mass is 32.1. The molecular weight excluding hydrogens is 272 g/mol. The number of benzene rings is 1. The molecule has 0 atom stereocenters. The Balaban J connectivity index is 1.58. The first-order valence-corrected chi connectivity index (χ1v) is 7.52. The summed E-state index contributed by atoms with van der Waals surface area (Å²) < 4.78 is 0. The molecule has 1 aliphatic rings. The van der Waals surface area contributed by atoms with Gasteiger partial charge in [0, 0.05) is 24.9 Å². The van der Waals surface area contributed by atoms with E-state index in [-0.39, 0.29) is 12.0 Å². The first kappa shape index (κ1) is 13.3. The van der Waals surface area contributed by atoms with Crippen LogP contribution in [0.2, 0.25) is 0 Å². The quantitative estimate of drug-likeness (QED) is 0.927. The number of aliphatic hydroxyl groups is 1. The summed E-state index contributed by atoms with van der Waals surface area (Å²) in [4.78, 5) is 18.1. The lowest BCUT2D eigenvalue weighted by atomic mass is 10.1. The minimum atomic E-state index is -0.344. The average Bonchev–Trinajstić information content (AvgIpc) is 2.83. The lowest BCUT2D eigenvalue weighted by Crippen LogP contribution is -2.53. The molecule has 4 nitrogen and oxygen atoms in total. The van der Waals surface area contributed by atoms with Crippen LogP contribution in [0.15, 0.2) is 35.7 Å². The van der Waals surface area contributed by atoms with Crippen LogP contribution in [0.3, 0.4) is 0 Å². The second-order valence-corrected chi connectivity index (χ2v) is 5.97. The summed E-state index contributed by atoms with van der Waals surface area (Å²) in [5.74, 6) is 0.0480. The smallest absolute Gasteiger partial charge is 0.228 e. The van der Waals surface area contributed by atoms with Crippen molar-refractivity contribution < 1.29 is 9.90 Å². The summed E-state index contributed by atoms with van der Waals surface area (Å²) >= 11 is 1.59. The van der Waals surface area contributed by atoms with Crippen LogP contribution in [0, 0.1) is 0 Å². The zero-order valence-electron chi connectivity index (χ0n) is 11.0.